The third kappa shape index (κ3) is 4.98. The van der Waals surface area contributed by atoms with Gasteiger partial charge in [0.1, 0.15) is 18.2 Å². The second kappa shape index (κ2) is 9.64. The number of urea groups is 1. The number of nitrogens with zero attached hydrogens (tertiary/aromatic N) is 5. The van der Waals surface area contributed by atoms with E-state index in [4.69, 9.17) is 4.84 Å². The number of amides is 3. The van der Waals surface area contributed by atoms with Crippen LogP contribution in [0.15, 0.2) is 41.9 Å². The van der Waals surface area contributed by atoms with E-state index in [9.17, 15) is 36.3 Å². The average molecular weight is 583 g/mol. The van der Waals surface area contributed by atoms with Gasteiger partial charge in [0.05, 0.1) is 37.8 Å². The van der Waals surface area contributed by atoms with Gasteiger partial charge in [0, 0.05) is 28.3 Å². The van der Waals surface area contributed by atoms with Crippen LogP contribution in [0.4, 0.5) is 26.7 Å². The van der Waals surface area contributed by atoms with Gasteiger partial charge in [0.2, 0.25) is 0 Å². The number of alkyl halides is 3. The molecule has 1 aromatic carbocycles. The Balaban J connectivity index is 1.44. The number of fused-ring (bicyclic) bond motifs is 4. The first-order valence-corrected chi connectivity index (χ1v) is 13.0. The van der Waals surface area contributed by atoms with Gasteiger partial charge in [-0.25, -0.2) is 18.4 Å². The largest absolute Gasteiger partial charge is 0.529 e. The SMILES string of the molecule is CN1C(=O)[N+](CC(C)(C)C)(OC(=O)C(F)(F)F)C2=CC=C(N3CC4CCC3CN4C(=O)c3ccc(F)cc3F)[N+]=C21. The number of hydroxylamine groups is 3. The van der Waals surface area contributed by atoms with Crippen molar-refractivity contribution in [2.75, 3.05) is 26.7 Å². The number of quaternary nitrogens is 1. The molecular formula is C27H29F5N5O4+2. The maximum atomic E-state index is 14.3. The Morgan fingerprint density at radius 2 is 1.76 bits per heavy atom. The molecule has 14 heteroatoms. The van der Waals surface area contributed by atoms with Crippen LogP contribution in [0.1, 0.15) is 44.0 Å². The maximum Gasteiger partial charge on any atom is 0.529 e. The molecule has 5 heterocycles. The number of benzene rings is 1. The van der Waals surface area contributed by atoms with Crippen LogP contribution in [-0.2, 0) is 9.63 Å². The lowest BCUT2D eigenvalue weighted by atomic mass is 9.90. The normalized spacial score (nSPS) is 26.0. The predicted octanol–water partition coefficient (Wildman–Crippen LogP) is 3.68. The first-order chi connectivity index (χ1) is 19.0. The summed E-state index contributed by atoms with van der Waals surface area (Å²) >= 11 is 0. The highest BCUT2D eigenvalue weighted by Crippen LogP contribution is 2.39. The summed E-state index contributed by atoms with van der Waals surface area (Å²) in [5, 5.41) is 0. The number of aliphatic imine (C=N–C) groups is 1. The van der Waals surface area contributed by atoms with Gasteiger partial charge in [-0.1, -0.05) is 25.8 Å². The van der Waals surface area contributed by atoms with Crippen molar-refractivity contribution in [3.8, 4) is 0 Å². The number of rotatable bonds is 4. The van der Waals surface area contributed by atoms with Crippen molar-refractivity contribution in [2.24, 2.45) is 5.41 Å². The molecular weight excluding hydrogens is 553 g/mol. The molecule has 4 fully saturated rings. The van der Waals surface area contributed by atoms with Gasteiger partial charge in [-0.15, -0.1) is 0 Å². The summed E-state index contributed by atoms with van der Waals surface area (Å²) in [6, 6.07) is 1.41. The number of halogens is 5. The highest BCUT2D eigenvalue weighted by molar-refractivity contribution is 6.10. The van der Waals surface area contributed by atoms with E-state index < -0.39 is 45.8 Å². The Morgan fingerprint density at radius 3 is 2.34 bits per heavy atom. The molecule has 5 aliphatic heterocycles. The van der Waals surface area contributed by atoms with Crippen molar-refractivity contribution in [2.45, 2.75) is 51.9 Å². The monoisotopic (exact) mass is 582 g/mol. The predicted molar refractivity (Wildman–Crippen MR) is 134 cm³/mol. The fraction of sp³-hybridized carbons (Fsp3) is 0.481. The fourth-order valence-electron chi connectivity index (χ4n) is 5.87. The summed E-state index contributed by atoms with van der Waals surface area (Å²) in [6.07, 6.45) is -0.979. The Labute approximate surface area is 232 Å². The van der Waals surface area contributed by atoms with Crippen LogP contribution < -0.4 is 4.99 Å². The highest BCUT2D eigenvalue weighted by Gasteiger charge is 2.67. The lowest BCUT2D eigenvalue weighted by molar-refractivity contribution is -0.992. The number of carbonyl (C=O) groups is 3. The van der Waals surface area contributed by atoms with Crippen LogP contribution in [0.5, 0.6) is 0 Å². The summed E-state index contributed by atoms with van der Waals surface area (Å²) in [6.45, 7) is 5.44. The van der Waals surface area contributed by atoms with Gasteiger partial charge in [0.25, 0.3) is 17.4 Å². The molecule has 9 nitrogen and oxygen atoms in total. The summed E-state index contributed by atoms with van der Waals surface area (Å²) in [5.41, 5.74) is -0.948. The minimum atomic E-state index is -5.31. The Bertz CT molecular complexity index is 1420. The molecule has 1 aromatic rings. The third-order valence-corrected chi connectivity index (χ3v) is 7.56. The molecule has 0 N–H and O–H groups in total. The molecule has 3 amide bonds. The van der Waals surface area contributed by atoms with Gasteiger partial charge in [-0.2, -0.15) is 22.9 Å². The summed E-state index contributed by atoms with van der Waals surface area (Å²) in [4.78, 5) is 52.6. The first kappa shape index (κ1) is 28.7. The van der Waals surface area contributed by atoms with Gasteiger partial charge >= 0.3 is 24.0 Å². The molecule has 6 rings (SSSR count). The van der Waals surface area contributed by atoms with E-state index in [1.54, 1.807) is 31.7 Å². The fourth-order valence-corrected chi connectivity index (χ4v) is 5.87. The topological polar surface area (TPSA) is 84.3 Å². The standard InChI is InChI=1S/C27H29F5N5O4/c1-26(2,3)14-37(41-24(39)27(30,31)32)20-9-10-21(33-22(20)34(4)25(37)40)35-12-17-7-6-16(35)13-36(17)23(38)18-8-5-15(28)11-19(18)29/h5,8-11,16-17H,6-7,12-14H2,1-4H3/q+2. The van der Waals surface area contributed by atoms with Gasteiger partial charge in [-0.3, -0.25) is 9.69 Å². The Kier molecular flexibility index (Phi) is 6.75. The van der Waals surface area contributed by atoms with E-state index in [2.05, 4.69) is 4.99 Å². The first-order valence-electron chi connectivity index (χ1n) is 13.0. The number of allylic oxidation sites excluding steroid dienone is 2. The molecule has 2 bridgehead atoms. The number of carbonyl (C=O) groups excluding carboxylic acids is 3. The smallest absolute Gasteiger partial charge is 0.329 e. The van der Waals surface area contributed by atoms with Crippen LogP contribution >= 0.6 is 0 Å². The lowest BCUT2D eigenvalue weighted by Crippen LogP contribution is -2.64. The zero-order chi connectivity index (χ0) is 30.1. The van der Waals surface area contributed by atoms with E-state index >= 15 is 0 Å². The molecule has 3 atom stereocenters. The molecule has 1 radical (unpaired) electrons. The van der Waals surface area contributed by atoms with E-state index in [0.717, 1.165) is 17.0 Å². The van der Waals surface area contributed by atoms with Crippen molar-refractivity contribution >= 4 is 23.7 Å². The van der Waals surface area contributed by atoms with Crippen molar-refractivity contribution in [1.29, 1.82) is 0 Å². The number of amidine groups is 1. The molecule has 0 aliphatic carbocycles. The van der Waals surface area contributed by atoms with E-state index in [1.165, 1.54) is 13.1 Å². The van der Waals surface area contributed by atoms with Crippen molar-refractivity contribution in [1.82, 2.24) is 19.7 Å². The number of piperazine rings is 1. The van der Waals surface area contributed by atoms with Gasteiger partial charge < -0.3 is 4.90 Å². The van der Waals surface area contributed by atoms with Crippen molar-refractivity contribution in [3.05, 3.63) is 59.1 Å². The molecule has 0 saturated carbocycles. The second-order valence-corrected chi connectivity index (χ2v) is 11.8. The minimum absolute atomic E-state index is 0.000432. The molecule has 3 unspecified atom stereocenters. The summed E-state index contributed by atoms with van der Waals surface area (Å²) in [7, 11) is 1.35. The number of piperidine rings is 2. The van der Waals surface area contributed by atoms with Gasteiger partial charge in [0.15, 0.2) is 0 Å². The quantitative estimate of drug-likeness (QED) is 0.400. The average Bonchev–Trinajstić information content (AvgIpc) is 3.08. The zero-order valence-corrected chi connectivity index (χ0v) is 22.8. The molecule has 4 saturated heterocycles. The van der Waals surface area contributed by atoms with Crippen LogP contribution in [0.2, 0.25) is 0 Å². The van der Waals surface area contributed by atoms with Gasteiger partial charge in [-0.05, 0) is 25.0 Å². The molecule has 219 valence electrons. The van der Waals surface area contributed by atoms with Crippen LogP contribution in [0.25, 0.3) is 0 Å². The van der Waals surface area contributed by atoms with Crippen molar-refractivity contribution in [3.63, 3.8) is 0 Å². The number of hydrogen-bond donors (Lipinski definition) is 0. The molecule has 0 spiro atoms. The van der Waals surface area contributed by atoms with Crippen molar-refractivity contribution < 1.29 is 45.8 Å². The van der Waals surface area contributed by atoms with Crippen LogP contribution in [0, 0.1) is 17.0 Å². The van der Waals surface area contributed by atoms with E-state index in [0.29, 0.717) is 31.3 Å². The Hall–Kier alpha value is -3.81. The van der Waals surface area contributed by atoms with Crippen LogP contribution in [0.3, 0.4) is 0 Å². The number of hydrogen-bond acceptors (Lipinski definition) is 6. The van der Waals surface area contributed by atoms with E-state index in [-0.39, 0.29) is 42.3 Å². The lowest BCUT2D eigenvalue weighted by Gasteiger charge is -2.49. The third-order valence-electron chi connectivity index (χ3n) is 7.56. The second-order valence-electron chi connectivity index (χ2n) is 11.8. The maximum absolute atomic E-state index is 14.3. The Morgan fingerprint density at radius 1 is 1.07 bits per heavy atom. The summed E-state index contributed by atoms with van der Waals surface area (Å²) < 4.78 is 66.1. The molecule has 0 aromatic heterocycles. The molecule has 41 heavy (non-hydrogen) atoms. The number of likely N-dealkylation sites (N-methyl/N-ethyl adjacent to an activating group) is 1. The molecule has 5 aliphatic rings. The summed E-state index contributed by atoms with van der Waals surface area (Å²) in [5.74, 6) is -4.28. The minimum Gasteiger partial charge on any atom is -0.329 e. The van der Waals surface area contributed by atoms with Crippen LogP contribution in [-0.4, -0.2) is 88.0 Å². The zero-order valence-electron chi connectivity index (χ0n) is 22.8. The van der Waals surface area contributed by atoms with E-state index in [1.807, 2.05) is 4.90 Å². The highest BCUT2D eigenvalue weighted by atomic mass is 19.4.